The van der Waals surface area contributed by atoms with Gasteiger partial charge in [0.05, 0.1) is 16.5 Å². The molecule has 2 aromatic rings. The monoisotopic (exact) mass is 339 g/mol. The van der Waals surface area contributed by atoms with Gasteiger partial charge >= 0.3 is 5.97 Å². The molecule has 0 atom stereocenters. The summed E-state index contributed by atoms with van der Waals surface area (Å²) >= 11 is 11.1. The number of carbonyl (C=O) groups is 1. The number of carbonyl (C=O) groups excluding carboxylic acids is 1. The lowest BCUT2D eigenvalue weighted by Crippen LogP contribution is -2.15. The topological polar surface area (TPSA) is 86.8 Å². The Morgan fingerprint density at radius 3 is 2.55 bits per heavy atom. The summed E-state index contributed by atoms with van der Waals surface area (Å²) in [4.78, 5) is 20.3. The molecule has 0 unspecified atom stereocenters. The van der Waals surface area contributed by atoms with Crippen LogP contribution in [0.3, 0.4) is 0 Å². The molecule has 0 amide bonds. The van der Waals surface area contributed by atoms with Crippen LogP contribution in [0.5, 0.6) is 11.6 Å². The predicted octanol–water partition coefficient (Wildman–Crippen LogP) is 3.20. The Morgan fingerprint density at radius 1 is 1.23 bits per heavy atom. The first-order valence-electron chi connectivity index (χ1n) is 6.07. The number of aromatic nitrogens is 1. The van der Waals surface area contributed by atoms with Crippen LogP contribution in [0.4, 0.5) is 0 Å². The molecule has 22 heavy (non-hydrogen) atoms. The van der Waals surface area contributed by atoms with Crippen LogP contribution in [0.25, 0.3) is 0 Å². The van der Waals surface area contributed by atoms with E-state index in [-0.39, 0.29) is 11.7 Å². The number of hydrogen-bond acceptors (Lipinski definition) is 5. The van der Waals surface area contributed by atoms with Crippen LogP contribution in [0.15, 0.2) is 47.8 Å². The fourth-order valence-electron chi connectivity index (χ4n) is 1.38. The number of nitrogens with zero attached hydrogens (tertiary/aromatic N) is 2. The molecule has 1 aromatic carbocycles. The highest BCUT2D eigenvalue weighted by molar-refractivity contribution is 6.30. The van der Waals surface area contributed by atoms with Gasteiger partial charge in [0.15, 0.2) is 5.84 Å². The van der Waals surface area contributed by atoms with Gasteiger partial charge in [0.2, 0.25) is 5.88 Å². The van der Waals surface area contributed by atoms with Gasteiger partial charge in [0.1, 0.15) is 5.75 Å². The van der Waals surface area contributed by atoms with E-state index in [4.69, 9.17) is 33.7 Å². The molecule has 0 saturated carbocycles. The number of nitrogens with two attached hydrogens (primary N) is 1. The number of ether oxygens (including phenoxy) is 1. The number of halogens is 2. The van der Waals surface area contributed by atoms with Gasteiger partial charge in [-0.3, -0.25) is 0 Å². The second kappa shape index (κ2) is 7.63. The third-order valence-electron chi connectivity index (χ3n) is 2.40. The maximum Gasteiger partial charge on any atom is 0.365 e. The first-order chi connectivity index (χ1) is 10.6. The first kappa shape index (κ1) is 16.1. The predicted molar refractivity (Wildman–Crippen MR) is 83.5 cm³/mol. The van der Waals surface area contributed by atoms with E-state index in [2.05, 4.69) is 15.0 Å². The number of rotatable bonds is 5. The van der Waals surface area contributed by atoms with E-state index >= 15 is 0 Å². The van der Waals surface area contributed by atoms with Crippen molar-refractivity contribution in [1.82, 2.24) is 4.98 Å². The number of alkyl halides is 1. The number of oxime groups is 1. The fraction of sp³-hybridized carbons (Fsp3) is 0.0714. The molecule has 0 spiro atoms. The van der Waals surface area contributed by atoms with Gasteiger partial charge in [-0.1, -0.05) is 16.8 Å². The summed E-state index contributed by atoms with van der Waals surface area (Å²) in [5.74, 6) is 0.246. The van der Waals surface area contributed by atoms with Crippen molar-refractivity contribution in [2.24, 2.45) is 10.9 Å². The number of amidine groups is 1. The normalized spacial score (nSPS) is 11.1. The Kier molecular flexibility index (Phi) is 5.57. The molecule has 0 aliphatic heterocycles. The van der Waals surface area contributed by atoms with Crippen LogP contribution in [0.2, 0.25) is 5.02 Å². The maximum absolute atomic E-state index is 11.7. The van der Waals surface area contributed by atoms with E-state index in [1.807, 2.05) is 0 Å². The van der Waals surface area contributed by atoms with Crippen molar-refractivity contribution in [3.05, 3.63) is 53.2 Å². The summed E-state index contributed by atoms with van der Waals surface area (Å²) in [6, 6.07) is 9.55. The van der Waals surface area contributed by atoms with Crippen molar-refractivity contribution in [2.45, 2.75) is 0 Å². The summed E-state index contributed by atoms with van der Waals surface area (Å²) in [7, 11) is 0. The quantitative estimate of drug-likeness (QED) is 0.297. The first-order valence-corrected chi connectivity index (χ1v) is 6.99. The average molecular weight is 340 g/mol. The molecular weight excluding hydrogens is 329 g/mol. The highest BCUT2D eigenvalue weighted by atomic mass is 35.5. The lowest BCUT2D eigenvalue weighted by atomic mass is 10.2. The van der Waals surface area contributed by atoms with Crippen LogP contribution in [-0.2, 0) is 4.84 Å². The Bertz CT molecular complexity index is 673. The summed E-state index contributed by atoms with van der Waals surface area (Å²) in [6.45, 7) is 0. The van der Waals surface area contributed by atoms with Gasteiger partial charge in [-0.2, -0.15) is 0 Å². The zero-order chi connectivity index (χ0) is 15.9. The molecule has 0 radical (unpaired) electrons. The van der Waals surface area contributed by atoms with Gasteiger partial charge in [0.25, 0.3) is 0 Å². The molecule has 0 saturated heterocycles. The second-order valence-electron chi connectivity index (χ2n) is 4.04. The van der Waals surface area contributed by atoms with Crippen molar-refractivity contribution < 1.29 is 14.4 Å². The third-order valence-corrected chi connectivity index (χ3v) is 2.89. The van der Waals surface area contributed by atoms with Gasteiger partial charge in [-0.15, -0.1) is 11.6 Å². The zero-order valence-electron chi connectivity index (χ0n) is 11.2. The molecule has 8 heteroatoms. The third kappa shape index (κ3) is 4.61. The maximum atomic E-state index is 11.7. The van der Waals surface area contributed by atoms with Crippen molar-refractivity contribution in [3.8, 4) is 11.6 Å². The van der Waals surface area contributed by atoms with Crippen LogP contribution < -0.4 is 10.5 Å². The van der Waals surface area contributed by atoms with Crippen LogP contribution in [-0.4, -0.2) is 22.7 Å². The molecule has 114 valence electrons. The molecule has 2 N–H and O–H groups in total. The molecule has 2 rings (SSSR count). The molecule has 0 fully saturated rings. The molecule has 0 aliphatic rings. The van der Waals surface area contributed by atoms with Crippen LogP contribution >= 0.6 is 23.2 Å². The van der Waals surface area contributed by atoms with Gasteiger partial charge in [0, 0.05) is 12.3 Å². The molecule has 0 aliphatic carbocycles. The van der Waals surface area contributed by atoms with Gasteiger partial charge < -0.3 is 15.3 Å². The van der Waals surface area contributed by atoms with E-state index in [0.29, 0.717) is 22.2 Å². The standard InChI is InChI=1S/C14H11Cl2N3O3/c15-7-12(17)19-22-14(20)9-1-4-11(5-2-9)21-13-6-3-10(16)8-18-13/h1-6,8H,7H2,(H2,17,19). The lowest BCUT2D eigenvalue weighted by Gasteiger charge is -2.05. The summed E-state index contributed by atoms with van der Waals surface area (Å²) < 4.78 is 5.50. The molecular formula is C14H11Cl2N3O3. The number of benzene rings is 1. The lowest BCUT2D eigenvalue weighted by molar-refractivity contribution is 0.0515. The highest BCUT2D eigenvalue weighted by Crippen LogP contribution is 2.21. The minimum absolute atomic E-state index is 0.0174. The van der Waals surface area contributed by atoms with E-state index in [1.54, 1.807) is 24.3 Å². The van der Waals surface area contributed by atoms with E-state index in [0.717, 1.165) is 0 Å². The average Bonchev–Trinajstić information content (AvgIpc) is 2.55. The highest BCUT2D eigenvalue weighted by Gasteiger charge is 2.08. The van der Waals surface area contributed by atoms with Crippen molar-refractivity contribution in [3.63, 3.8) is 0 Å². The molecule has 0 bridgehead atoms. The summed E-state index contributed by atoms with van der Waals surface area (Å²) in [5.41, 5.74) is 5.62. The Labute approximate surface area is 136 Å². The minimum Gasteiger partial charge on any atom is -0.439 e. The van der Waals surface area contributed by atoms with Crippen molar-refractivity contribution in [1.29, 1.82) is 0 Å². The summed E-state index contributed by atoms with van der Waals surface area (Å²) in [6.07, 6.45) is 1.47. The van der Waals surface area contributed by atoms with Gasteiger partial charge in [-0.25, -0.2) is 9.78 Å². The van der Waals surface area contributed by atoms with Crippen molar-refractivity contribution >= 4 is 35.0 Å². The van der Waals surface area contributed by atoms with Gasteiger partial charge in [-0.05, 0) is 30.3 Å². The van der Waals surface area contributed by atoms with E-state index in [1.165, 1.54) is 18.3 Å². The zero-order valence-corrected chi connectivity index (χ0v) is 12.7. The Morgan fingerprint density at radius 2 is 1.95 bits per heavy atom. The Balaban J connectivity index is 2.00. The molecule has 1 heterocycles. The van der Waals surface area contributed by atoms with Crippen LogP contribution in [0, 0.1) is 0 Å². The molecule has 6 nitrogen and oxygen atoms in total. The smallest absolute Gasteiger partial charge is 0.365 e. The number of hydrogen-bond donors (Lipinski definition) is 1. The second-order valence-corrected chi connectivity index (χ2v) is 4.74. The van der Waals surface area contributed by atoms with E-state index < -0.39 is 5.97 Å². The van der Waals surface area contributed by atoms with Crippen LogP contribution in [0.1, 0.15) is 10.4 Å². The number of pyridine rings is 1. The molecule has 1 aromatic heterocycles. The van der Waals surface area contributed by atoms with E-state index in [9.17, 15) is 4.79 Å². The minimum atomic E-state index is -0.649. The Hall–Kier alpha value is -2.31. The SMILES string of the molecule is N/C(CCl)=N/OC(=O)c1ccc(Oc2ccc(Cl)cn2)cc1. The summed E-state index contributed by atoms with van der Waals surface area (Å²) in [5, 5.41) is 3.89. The fourth-order valence-corrected chi connectivity index (χ4v) is 1.54. The van der Waals surface area contributed by atoms with Crippen molar-refractivity contribution in [2.75, 3.05) is 5.88 Å². The largest absolute Gasteiger partial charge is 0.439 e.